The summed E-state index contributed by atoms with van der Waals surface area (Å²) >= 11 is 0. The summed E-state index contributed by atoms with van der Waals surface area (Å²) in [6.07, 6.45) is 1.16. The van der Waals surface area contributed by atoms with Crippen LogP contribution >= 0.6 is 0 Å². The summed E-state index contributed by atoms with van der Waals surface area (Å²) in [5, 5.41) is 4.42. The number of benzene rings is 3. The SMILES string of the molecule is COc1ccc(S(=O)(=O)N2CC(CC(=O)NCCCN3CCN(C)CC3)c3ccccc32)c2ccccc12. The summed E-state index contributed by atoms with van der Waals surface area (Å²) < 4.78 is 34.9. The maximum Gasteiger partial charge on any atom is 0.264 e. The predicted molar refractivity (Wildman–Crippen MR) is 150 cm³/mol. The Hall–Kier alpha value is -3.14. The molecule has 0 aliphatic carbocycles. The van der Waals surface area contributed by atoms with Crippen LogP contribution in [-0.2, 0) is 14.8 Å². The molecule has 0 saturated carbocycles. The number of para-hydroxylation sites is 1. The molecule has 1 unspecified atom stereocenters. The third-order valence-corrected chi connectivity index (χ3v) is 9.50. The molecule has 8 nitrogen and oxygen atoms in total. The molecule has 38 heavy (non-hydrogen) atoms. The molecule has 1 N–H and O–H groups in total. The van der Waals surface area contributed by atoms with E-state index >= 15 is 0 Å². The average molecular weight is 537 g/mol. The fourth-order valence-corrected chi connectivity index (χ4v) is 7.26. The van der Waals surface area contributed by atoms with Gasteiger partial charge in [0.2, 0.25) is 5.91 Å². The maximum absolute atomic E-state index is 14.0. The first kappa shape index (κ1) is 26.5. The number of likely N-dealkylation sites (N-methyl/N-ethyl adjacent to an activating group) is 1. The number of sulfonamides is 1. The van der Waals surface area contributed by atoms with Crippen LogP contribution in [0.5, 0.6) is 5.75 Å². The molecule has 3 aromatic carbocycles. The highest BCUT2D eigenvalue weighted by Gasteiger charge is 2.38. The van der Waals surface area contributed by atoms with Gasteiger partial charge in [-0.3, -0.25) is 9.10 Å². The minimum Gasteiger partial charge on any atom is -0.496 e. The molecule has 2 aliphatic heterocycles. The molecule has 0 radical (unpaired) electrons. The van der Waals surface area contributed by atoms with Gasteiger partial charge in [-0.15, -0.1) is 0 Å². The van der Waals surface area contributed by atoms with E-state index in [1.54, 1.807) is 25.3 Å². The topological polar surface area (TPSA) is 82.2 Å². The molecular formula is C29H36N4O4S. The summed E-state index contributed by atoms with van der Waals surface area (Å²) in [6.45, 7) is 6.13. The van der Waals surface area contributed by atoms with Crippen LogP contribution in [0.15, 0.2) is 65.6 Å². The molecule has 9 heteroatoms. The highest BCUT2D eigenvalue weighted by molar-refractivity contribution is 7.93. The number of nitrogens with one attached hydrogen (secondary N) is 1. The van der Waals surface area contributed by atoms with Crippen molar-refractivity contribution in [3.63, 3.8) is 0 Å². The number of hydrogen-bond acceptors (Lipinski definition) is 6. The highest BCUT2D eigenvalue weighted by atomic mass is 32.2. The summed E-state index contributed by atoms with van der Waals surface area (Å²) in [6, 6.07) is 18.2. The second kappa shape index (κ2) is 11.3. The molecule has 2 heterocycles. The van der Waals surface area contributed by atoms with Crippen molar-refractivity contribution in [3.05, 3.63) is 66.2 Å². The van der Waals surface area contributed by atoms with Gasteiger partial charge in [-0.05, 0) is 43.8 Å². The molecule has 0 aromatic heterocycles. The number of fused-ring (bicyclic) bond motifs is 2. The lowest BCUT2D eigenvalue weighted by Gasteiger charge is -2.32. The highest BCUT2D eigenvalue weighted by Crippen LogP contribution is 2.42. The molecule has 202 valence electrons. The molecule has 1 amide bonds. The van der Waals surface area contributed by atoms with Crippen LogP contribution in [0, 0.1) is 0 Å². The Morgan fingerprint density at radius 2 is 1.68 bits per heavy atom. The molecule has 5 rings (SSSR count). The molecule has 1 saturated heterocycles. The van der Waals surface area contributed by atoms with Crippen molar-refractivity contribution in [1.29, 1.82) is 0 Å². The fraction of sp³-hybridized carbons (Fsp3) is 0.414. The van der Waals surface area contributed by atoms with E-state index in [1.165, 1.54) is 4.31 Å². The summed E-state index contributed by atoms with van der Waals surface area (Å²) in [5.41, 5.74) is 1.53. The third kappa shape index (κ3) is 5.36. The van der Waals surface area contributed by atoms with E-state index < -0.39 is 10.0 Å². The lowest BCUT2D eigenvalue weighted by atomic mass is 9.97. The van der Waals surface area contributed by atoms with Gasteiger partial charge in [-0.2, -0.15) is 0 Å². The van der Waals surface area contributed by atoms with Crippen LogP contribution in [0.1, 0.15) is 24.3 Å². The van der Waals surface area contributed by atoms with Gasteiger partial charge >= 0.3 is 0 Å². The van der Waals surface area contributed by atoms with E-state index in [0.29, 0.717) is 23.4 Å². The Labute approximate surface area is 225 Å². The van der Waals surface area contributed by atoms with Crippen molar-refractivity contribution < 1.29 is 17.9 Å². The number of carbonyl (C=O) groups excluding carboxylic acids is 1. The van der Waals surface area contributed by atoms with Gasteiger partial charge in [0.1, 0.15) is 5.75 Å². The average Bonchev–Trinajstić information content (AvgIpc) is 3.30. The number of hydrogen-bond donors (Lipinski definition) is 1. The smallest absolute Gasteiger partial charge is 0.264 e. The van der Waals surface area contributed by atoms with Crippen molar-refractivity contribution in [2.75, 3.05) is 64.3 Å². The van der Waals surface area contributed by atoms with Crippen LogP contribution in [-0.4, -0.2) is 84.1 Å². The van der Waals surface area contributed by atoms with Crippen LogP contribution in [0.4, 0.5) is 5.69 Å². The minimum absolute atomic E-state index is 0.0441. The number of methoxy groups -OCH3 is 1. The van der Waals surface area contributed by atoms with Gasteiger partial charge in [0, 0.05) is 62.4 Å². The second-order valence-corrected chi connectivity index (χ2v) is 12.0. The first-order valence-corrected chi connectivity index (χ1v) is 14.7. The Morgan fingerprint density at radius 3 is 2.45 bits per heavy atom. The summed E-state index contributed by atoms with van der Waals surface area (Å²) in [7, 11) is -0.151. The van der Waals surface area contributed by atoms with Gasteiger partial charge in [0.15, 0.2) is 0 Å². The lowest BCUT2D eigenvalue weighted by molar-refractivity contribution is -0.121. The van der Waals surface area contributed by atoms with E-state index in [1.807, 2.05) is 42.5 Å². The first-order chi connectivity index (χ1) is 18.4. The third-order valence-electron chi connectivity index (χ3n) is 7.66. The molecule has 2 aliphatic rings. The Kier molecular flexibility index (Phi) is 7.88. The number of nitrogens with zero attached hydrogens (tertiary/aromatic N) is 3. The summed E-state index contributed by atoms with van der Waals surface area (Å²) in [5.74, 6) is 0.379. The van der Waals surface area contributed by atoms with Crippen LogP contribution < -0.4 is 14.4 Å². The largest absolute Gasteiger partial charge is 0.496 e. The van der Waals surface area contributed by atoms with Gasteiger partial charge in [-0.1, -0.05) is 42.5 Å². The van der Waals surface area contributed by atoms with Crippen molar-refractivity contribution in [2.45, 2.75) is 23.7 Å². The number of amides is 1. The number of piperazine rings is 1. The van der Waals surface area contributed by atoms with E-state index in [4.69, 9.17) is 4.74 Å². The van der Waals surface area contributed by atoms with E-state index in [0.717, 1.165) is 50.1 Å². The van der Waals surface area contributed by atoms with Crippen LogP contribution in [0.2, 0.25) is 0 Å². The zero-order chi connectivity index (χ0) is 26.7. The van der Waals surface area contributed by atoms with E-state index in [-0.39, 0.29) is 29.7 Å². The standard InChI is InChI=1S/C29H36N4O4S/c1-31-16-18-32(19-17-31)15-7-14-30-29(34)20-22-21-33(26-11-6-5-8-23(22)26)38(35,36)28-13-12-27(37-2)24-9-3-4-10-25(24)28/h3-6,8-13,22H,7,14-21H2,1-2H3,(H,30,34). The second-order valence-electron chi connectivity index (χ2n) is 10.2. The van der Waals surface area contributed by atoms with Gasteiger partial charge in [-0.25, -0.2) is 8.42 Å². The Bertz CT molecular complexity index is 1400. The number of ether oxygens (including phenoxy) is 1. The Morgan fingerprint density at radius 1 is 0.974 bits per heavy atom. The van der Waals surface area contributed by atoms with Crippen molar-refractivity contribution in [3.8, 4) is 5.75 Å². The van der Waals surface area contributed by atoms with E-state index in [2.05, 4.69) is 22.2 Å². The normalized spacial score (nSPS) is 18.5. The quantitative estimate of drug-likeness (QED) is 0.423. The molecule has 1 fully saturated rings. The summed E-state index contributed by atoms with van der Waals surface area (Å²) in [4.78, 5) is 17.9. The number of carbonyl (C=O) groups is 1. The van der Waals surface area contributed by atoms with Gasteiger partial charge in [0.25, 0.3) is 10.0 Å². The van der Waals surface area contributed by atoms with Crippen molar-refractivity contribution in [1.82, 2.24) is 15.1 Å². The fourth-order valence-electron chi connectivity index (χ4n) is 5.52. The van der Waals surface area contributed by atoms with Crippen LogP contribution in [0.3, 0.4) is 0 Å². The minimum atomic E-state index is -3.87. The maximum atomic E-state index is 14.0. The molecule has 0 bridgehead atoms. The molecule has 1 atom stereocenters. The number of anilines is 1. The first-order valence-electron chi connectivity index (χ1n) is 13.2. The number of rotatable bonds is 9. The van der Waals surface area contributed by atoms with Crippen molar-refractivity contribution in [2.24, 2.45) is 0 Å². The molecular weight excluding hydrogens is 500 g/mol. The van der Waals surface area contributed by atoms with Gasteiger partial charge in [0.05, 0.1) is 17.7 Å². The zero-order valence-electron chi connectivity index (χ0n) is 22.1. The monoisotopic (exact) mass is 536 g/mol. The lowest BCUT2D eigenvalue weighted by Crippen LogP contribution is -2.45. The van der Waals surface area contributed by atoms with Crippen molar-refractivity contribution >= 4 is 32.4 Å². The molecule has 3 aromatic rings. The van der Waals surface area contributed by atoms with Gasteiger partial charge < -0.3 is 19.9 Å². The molecule has 0 spiro atoms. The van der Waals surface area contributed by atoms with Crippen LogP contribution in [0.25, 0.3) is 10.8 Å². The predicted octanol–water partition coefficient (Wildman–Crippen LogP) is 3.28. The van der Waals surface area contributed by atoms with E-state index in [9.17, 15) is 13.2 Å². The zero-order valence-corrected chi connectivity index (χ0v) is 22.9. The Balaban J connectivity index is 1.28.